The summed E-state index contributed by atoms with van der Waals surface area (Å²) < 4.78 is 1.61. The number of aryl methyl sites for hydroxylation is 1. The van der Waals surface area contributed by atoms with E-state index < -0.39 is 0 Å². The van der Waals surface area contributed by atoms with Crippen LogP contribution in [0.25, 0.3) is 16.6 Å². The molecule has 0 N–H and O–H groups in total. The monoisotopic (exact) mass is 445 g/mol. The zero-order chi connectivity index (χ0) is 22.9. The summed E-state index contributed by atoms with van der Waals surface area (Å²) in [6, 6.07) is 15.3. The van der Waals surface area contributed by atoms with Gasteiger partial charge in [-0.1, -0.05) is 12.1 Å². The molecule has 0 bridgehead atoms. The molecule has 2 saturated heterocycles. The highest BCUT2D eigenvalue weighted by molar-refractivity contribution is 5.94. The van der Waals surface area contributed by atoms with Crippen molar-refractivity contribution < 1.29 is 4.79 Å². The molecule has 3 heterocycles. The molecule has 0 aliphatic carbocycles. The van der Waals surface area contributed by atoms with Crippen LogP contribution in [0.15, 0.2) is 53.3 Å². The fourth-order valence-electron chi connectivity index (χ4n) is 5.21. The molecular formula is C26H31N5O2. The van der Waals surface area contributed by atoms with Crippen LogP contribution in [0.3, 0.4) is 0 Å². The third-order valence-corrected chi connectivity index (χ3v) is 7.03. The van der Waals surface area contributed by atoms with Crippen LogP contribution in [0, 0.1) is 6.92 Å². The molecule has 1 unspecified atom stereocenters. The second-order valence-electron chi connectivity index (χ2n) is 9.25. The van der Waals surface area contributed by atoms with Gasteiger partial charge in [-0.3, -0.25) is 19.1 Å². The van der Waals surface area contributed by atoms with Crippen molar-refractivity contribution in [2.24, 2.45) is 0 Å². The largest absolute Gasteiger partial charge is 0.336 e. The van der Waals surface area contributed by atoms with Gasteiger partial charge in [0, 0.05) is 44.3 Å². The smallest absolute Gasteiger partial charge is 0.265 e. The van der Waals surface area contributed by atoms with E-state index >= 15 is 0 Å². The molecule has 172 valence electrons. The number of piperazine rings is 1. The summed E-state index contributed by atoms with van der Waals surface area (Å²) in [6.07, 6.45) is 2.50. The van der Waals surface area contributed by atoms with Crippen molar-refractivity contribution in [3.63, 3.8) is 0 Å². The molecule has 1 aromatic heterocycles. The van der Waals surface area contributed by atoms with Crippen LogP contribution in [-0.2, 0) is 0 Å². The van der Waals surface area contributed by atoms with Gasteiger partial charge in [0.15, 0.2) is 0 Å². The number of fused-ring (bicyclic) bond motifs is 1. The quantitative estimate of drug-likeness (QED) is 0.620. The Morgan fingerprint density at radius 1 is 0.970 bits per heavy atom. The minimum Gasteiger partial charge on any atom is -0.336 e. The molecule has 0 radical (unpaired) electrons. The van der Waals surface area contributed by atoms with Crippen LogP contribution < -0.4 is 5.56 Å². The lowest BCUT2D eigenvalue weighted by molar-refractivity contribution is 0.0452. The molecule has 5 rings (SSSR count). The normalized spacial score (nSPS) is 20.3. The Morgan fingerprint density at radius 3 is 2.42 bits per heavy atom. The first-order valence-electron chi connectivity index (χ1n) is 11.8. The van der Waals surface area contributed by atoms with Gasteiger partial charge < -0.3 is 9.80 Å². The maximum Gasteiger partial charge on any atom is 0.265 e. The predicted octanol–water partition coefficient (Wildman–Crippen LogP) is 2.55. The van der Waals surface area contributed by atoms with Crippen LogP contribution >= 0.6 is 0 Å². The zero-order valence-corrected chi connectivity index (χ0v) is 19.4. The second-order valence-corrected chi connectivity index (χ2v) is 9.25. The van der Waals surface area contributed by atoms with Crippen molar-refractivity contribution in [2.75, 3.05) is 46.3 Å². The number of piperidine rings is 1. The molecule has 1 amide bonds. The van der Waals surface area contributed by atoms with Gasteiger partial charge in [-0.05, 0) is 69.8 Å². The number of hydrogen-bond donors (Lipinski definition) is 0. The summed E-state index contributed by atoms with van der Waals surface area (Å²) in [7, 11) is 2.19. The molecule has 1 atom stereocenters. The van der Waals surface area contributed by atoms with Crippen molar-refractivity contribution in [3.8, 4) is 5.69 Å². The third-order valence-electron chi connectivity index (χ3n) is 7.03. The molecular weight excluding hydrogens is 414 g/mol. The summed E-state index contributed by atoms with van der Waals surface area (Å²) in [4.78, 5) is 37.6. The Labute approximate surface area is 194 Å². The molecule has 2 fully saturated rings. The highest BCUT2D eigenvalue weighted by Gasteiger charge is 2.28. The molecule has 33 heavy (non-hydrogen) atoms. The Hall–Kier alpha value is -3.03. The van der Waals surface area contributed by atoms with Crippen LogP contribution in [0.4, 0.5) is 0 Å². The highest BCUT2D eigenvalue weighted by atomic mass is 16.2. The number of amides is 1. The molecule has 2 aliphatic heterocycles. The van der Waals surface area contributed by atoms with Crippen molar-refractivity contribution in [1.82, 2.24) is 24.3 Å². The fourth-order valence-corrected chi connectivity index (χ4v) is 5.21. The number of likely N-dealkylation sites (tertiary alicyclic amines) is 1. The Morgan fingerprint density at radius 2 is 1.70 bits per heavy atom. The number of hydrogen-bond acceptors (Lipinski definition) is 5. The van der Waals surface area contributed by atoms with Gasteiger partial charge in [0.2, 0.25) is 0 Å². The number of rotatable bonds is 3. The van der Waals surface area contributed by atoms with Crippen molar-refractivity contribution in [1.29, 1.82) is 0 Å². The van der Waals surface area contributed by atoms with E-state index in [9.17, 15) is 9.59 Å². The predicted molar refractivity (Wildman–Crippen MR) is 130 cm³/mol. The van der Waals surface area contributed by atoms with E-state index in [0.29, 0.717) is 28.3 Å². The lowest BCUT2D eigenvalue weighted by atomic mass is 10.0. The van der Waals surface area contributed by atoms with E-state index in [1.807, 2.05) is 54.3 Å². The van der Waals surface area contributed by atoms with Gasteiger partial charge in [0.25, 0.3) is 11.5 Å². The zero-order valence-electron chi connectivity index (χ0n) is 19.4. The van der Waals surface area contributed by atoms with E-state index in [2.05, 4.69) is 21.8 Å². The fraction of sp³-hybridized carbons (Fsp3) is 0.423. The molecule has 0 saturated carbocycles. The second kappa shape index (κ2) is 9.08. The van der Waals surface area contributed by atoms with Gasteiger partial charge >= 0.3 is 0 Å². The van der Waals surface area contributed by atoms with Crippen LogP contribution in [0.1, 0.15) is 29.0 Å². The maximum absolute atomic E-state index is 13.1. The number of carbonyl (C=O) groups excluding carboxylic acids is 1. The van der Waals surface area contributed by atoms with E-state index in [1.165, 1.54) is 19.4 Å². The van der Waals surface area contributed by atoms with Crippen LogP contribution in [0.5, 0.6) is 0 Å². The van der Waals surface area contributed by atoms with Crippen molar-refractivity contribution in [2.45, 2.75) is 25.8 Å². The molecule has 0 spiro atoms. The minimum atomic E-state index is -0.0957. The lowest BCUT2D eigenvalue weighted by Crippen LogP contribution is -2.55. The number of likely N-dealkylation sites (N-methyl/N-ethyl adjacent to an activating group) is 1. The van der Waals surface area contributed by atoms with E-state index in [-0.39, 0.29) is 11.5 Å². The Balaban J connectivity index is 1.29. The van der Waals surface area contributed by atoms with Crippen molar-refractivity contribution in [3.05, 3.63) is 70.3 Å². The number of aromatic nitrogens is 2. The van der Waals surface area contributed by atoms with Crippen molar-refractivity contribution >= 4 is 16.8 Å². The first-order valence-corrected chi connectivity index (χ1v) is 11.8. The van der Waals surface area contributed by atoms with Crippen LogP contribution in [-0.4, -0.2) is 82.5 Å². The molecule has 7 heteroatoms. The molecule has 2 aliphatic rings. The van der Waals surface area contributed by atoms with Gasteiger partial charge in [-0.15, -0.1) is 0 Å². The topological polar surface area (TPSA) is 61.7 Å². The van der Waals surface area contributed by atoms with Gasteiger partial charge in [-0.2, -0.15) is 0 Å². The van der Waals surface area contributed by atoms with E-state index in [4.69, 9.17) is 0 Å². The van der Waals surface area contributed by atoms with Gasteiger partial charge in [0.1, 0.15) is 5.82 Å². The molecule has 7 nitrogen and oxygen atoms in total. The number of nitrogens with zero attached hydrogens (tertiary/aromatic N) is 5. The summed E-state index contributed by atoms with van der Waals surface area (Å²) in [5.74, 6) is 0.685. The van der Waals surface area contributed by atoms with Gasteiger partial charge in [0.05, 0.1) is 16.6 Å². The summed E-state index contributed by atoms with van der Waals surface area (Å²) >= 11 is 0. The number of carbonyl (C=O) groups is 1. The Bertz CT molecular complexity index is 1210. The summed E-state index contributed by atoms with van der Waals surface area (Å²) in [6.45, 7) is 7.52. The first-order chi connectivity index (χ1) is 16.0. The standard InChI is InChI=1S/C26H31N5O2/c1-19-27-24-8-4-3-7-23(24)26(33)31(19)21-11-9-20(10-12-21)25(32)30-16-14-29(15-17-30)22-6-5-13-28(2)18-22/h3-4,7-12,22H,5-6,13-18H2,1-2H3. The third kappa shape index (κ3) is 4.30. The molecule has 3 aromatic rings. The highest BCUT2D eigenvalue weighted by Crippen LogP contribution is 2.19. The minimum absolute atomic E-state index is 0.0580. The lowest BCUT2D eigenvalue weighted by Gasteiger charge is -2.42. The van der Waals surface area contributed by atoms with E-state index in [1.54, 1.807) is 10.6 Å². The summed E-state index contributed by atoms with van der Waals surface area (Å²) in [5, 5.41) is 0.588. The first kappa shape index (κ1) is 21.8. The average molecular weight is 446 g/mol. The average Bonchev–Trinajstić information content (AvgIpc) is 2.84. The molecule has 2 aromatic carbocycles. The maximum atomic E-state index is 13.1. The van der Waals surface area contributed by atoms with E-state index in [0.717, 1.165) is 38.4 Å². The number of para-hydroxylation sites is 1. The Kier molecular flexibility index (Phi) is 6.00. The SMILES string of the molecule is Cc1nc2ccccc2c(=O)n1-c1ccc(C(=O)N2CCN(C3CCCN(C)C3)CC2)cc1. The van der Waals surface area contributed by atoms with Crippen LogP contribution in [0.2, 0.25) is 0 Å². The van der Waals surface area contributed by atoms with Gasteiger partial charge in [-0.25, -0.2) is 4.98 Å². The summed E-state index contributed by atoms with van der Waals surface area (Å²) in [5.41, 5.74) is 1.98. The number of benzene rings is 2.